The van der Waals surface area contributed by atoms with Gasteiger partial charge in [0.1, 0.15) is 11.9 Å². The first-order chi connectivity index (χ1) is 9.63. The highest BCUT2D eigenvalue weighted by molar-refractivity contribution is 5.93. The van der Waals surface area contributed by atoms with Gasteiger partial charge in [0.15, 0.2) is 5.78 Å². The van der Waals surface area contributed by atoms with Crippen molar-refractivity contribution in [3.8, 4) is 0 Å². The van der Waals surface area contributed by atoms with E-state index in [9.17, 15) is 9.59 Å². The van der Waals surface area contributed by atoms with E-state index >= 15 is 0 Å². The Balaban J connectivity index is 2.18. The van der Waals surface area contributed by atoms with Crippen LogP contribution in [0.15, 0.2) is 18.3 Å². The van der Waals surface area contributed by atoms with Gasteiger partial charge in [0.05, 0.1) is 6.61 Å². The fourth-order valence-electron chi connectivity index (χ4n) is 2.45. The number of aromatic nitrogens is 1. The maximum Gasteiger partial charge on any atom is 0.328 e. The van der Waals surface area contributed by atoms with Crippen molar-refractivity contribution in [2.45, 2.75) is 39.2 Å². The standard InChI is InChI=1S/C15H20N2O3/c1-3-20-15(19)13-6-4-5-9-17(13)14-8-7-12(10-16-14)11(2)18/h7-8,10,13H,3-6,9H2,1-2H3. The number of ether oxygens (including phenoxy) is 1. The highest BCUT2D eigenvalue weighted by atomic mass is 16.5. The Kier molecular flexibility index (Phi) is 4.71. The molecule has 0 aromatic carbocycles. The predicted octanol–water partition coefficient (Wildman–Crippen LogP) is 2.21. The van der Waals surface area contributed by atoms with Crippen LogP contribution in [0.1, 0.15) is 43.5 Å². The number of carbonyl (C=O) groups is 2. The van der Waals surface area contributed by atoms with Crippen LogP contribution in [0.3, 0.4) is 0 Å². The van der Waals surface area contributed by atoms with Gasteiger partial charge in [0.2, 0.25) is 0 Å². The molecule has 1 unspecified atom stereocenters. The van der Waals surface area contributed by atoms with Crippen LogP contribution in [-0.2, 0) is 9.53 Å². The normalized spacial score (nSPS) is 18.7. The van der Waals surface area contributed by atoms with E-state index in [2.05, 4.69) is 4.98 Å². The van der Waals surface area contributed by atoms with Crippen molar-refractivity contribution in [2.24, 2.45) is 0 Å². The SMILES string of the molecule is CCOC(=O)C1CCCCN1c1ccc(C(C)=O)cn1. The van der Waals surface area contributed by atoms with E-state index in [1.807, 2.05) is 11.8 Å². The second kappa shape index (κ2) is 6.50. The van der Waals surface area contributed by atoms with Gasteiger partial charge in [-0.2, -0.15) is 0 Å². The number of ketones is 1. The zero-order valence-corrected chi connectivity index (χ0v) is 12.0. The zero-order chi connectivity index (χ0) is 14.5. The molecule has 2 heterocycles. The van der Waals surface area contributed by atoms with Gasteiger partial charge < -0.3 is 9.64 Å². The number of esters is 1. The van der Waals surface area contributed by atoms with Crippen LogP contribution in [0.25, 0.3) is 0 Å². The number of piperidine rings is 1. The van der Waals surface area contributed by atoms with Gasteiger partial charge in [-0.05, 0) is 45.2 Å². The third-order valence-corrected chi connectivity index (χ3v) is 3.51. The minimum atomic E-state index is -0.264. The van der Waals surface area contributed by atoms with E-state index < -0.39 is 0 Å². The van der Waals surface area contributed by atoms with E-state index in [0.717, 1.165) is 31.6 Å². The van der Waals surface area contributed by atoms with Crippen molar-refractivity contribution in [3.05, 3.63) is 23.9 Å². The molecule has 2 rings (SSSR count). The van der Waals surface area contributed by atoms with Gasteiger partial charge in [0, 0.05) is 18.3 Å². The predicted molar refractivity (Wildman–Crippen MR) is 75.9 cm³/mol. The first-order valence-electron chi connectivity index (χ1n) is 7.03. The first-order valence-corrected chi connectivity index (χ1v) is 7.03. The number of hydrogen-bond donors (Lipinski definition) is 0. The summed E-state index contributed by atoms with van der Waals surface area (Å²) in [4.78, 5) is 29.6. The van der Waals surface area contributed by atoms with Gasteiger partial charge >= 0.3 is 5.97 Å². The Bertz CT molecular complexity index is 484. The monoisotopic (exact) mass is 276 g/mol. The largest absolute Gasteiger partial charge is 0.464 e. The van der Waals surface area contributed by atoms with E-state index in [4.69, 9.17) is 4.74 Å². The number of carbonyl (C=O) groups excluding carboxylic acids is 2. The third-order valence-electron chi connectivity index (χ3n) is 3.51. The minimum absolute atomic E-state index is 0.00960. The maximum atomic E-state index is 12.0. The van der Waals surface area contributed by atoms with E-state index in [1.54, 1.807) is 18.3 Å². The van der Waals surface area contributed by atoms with Crippen molar-refractivity contribution in [3.63, 3.8) is 0 Å². The van der Waals surface area contributed by atoms with Crippen molar-refractivity contribution in [2.75, 3.05) is 18.1 Å². The average Bonchev–Trinajstić information content (AvgIpc) is 2.47. The summed E-state index contributed by atoms with van der Waals surface area (Å²) in [6, 6.07) is 3.29. The van der Waals surface area contributed by atoms with Crippen molar-refractivity contribution >= 4 is 17.6 Å². The van der Waals surface area contributed by atoms with E-state index in [-0.39, 0.29) is 17.8 Å². The van der Waals surface area contributed by atoms with Gasteiger partial charge in [-0.1, -0.05) is 0 Å². The minimum Gasteiger partial charge on any atom is -0.464 e. The summed E-state index contributed by atoms with van der Waals surface area (Å²) >= 11 is 0. The molecule has 0 spiro atoms. The third kappa shape index (κ3) is 3.15. The second-order valence-corrected chi connectivity index (χ2v) is 4.92. The van der Waals surface area contributed by atoms with Gasteiger partial charge in [0.25, 0.3) is 0 Å². The number of rotatable bonds is 4. The summed E-state index contributed by atoms with van der Waals surface area (Å²) in [6.45, 7) is 4.50. The number of hydrogen-bond acceptors (Lipinski definition) is 5. The molecule has 5 nitrogen and oxygen atoms in total. The van der Waals surface area contributed by atoms with Crippen molar-refractivity contribution in [1.29, 1.82) is 0 Å². The molecule has 1 aromatic rings. The molecule has 0 bridgehead atoms. The van der Waals surface area contributed by atoms with Crippen LogP contribution in [0.2, 0.25) is 0 Å². The molecule has 108 valence electrons. The number of Topliss-reactive ketones (excluding diaryl/α,β-unsaturated/α-hetero) is 1. The maximum absolute atomic E-state index is 12.0. The molecule has 1 aliphatic rings. The van der Waals surface area contributed by atoms with Crippen molar-refractivity contribution in [1.82, 2.24) is 4.98 Å². The molecule has 5 heteroatoms. The summed E-state index contributed by atoms with van der Waals surface area (Å²) in [5, 5.41) is 0. The van der Waals surface area contributed by atoms with Gasteiger partial charge in [-0.15, -0.1) is 0 Å². The number of anilines is 1. The Labute approximate surface area is 118 Å². The number of pyridine rings is 1. The molecule has 0 radical (unpaired) electrons. The molecule has 0 saturated carbocycles. The summed E-state index contributed by atoms with van der Waals surface area (Å²) in [5.74, 6) is 0.530. The number of nitrogens with zero attached hydrogens (tertiary/aromatic N) is 2. The van der Waals surface area contributed by atoms with Gasteiger partial charge in [-0.25, -0.2) is 9.78 Å². The topological polar surface area (TPSA) is 59.5 Å². The lowest BCUT2D eigenvalue weighted by atomic mass is 10.0. The van der Waals surface area contributed by atoms with Crippen LogP contribution in [0.5, 0.6) is 0 Å². The molecular weight excluding hydrogens is 256 g/mol. The molecule has 1 atom stereocenters. The lowest BCUT2D eigenvalue weighted by Gasteiger charge is -2.34. The summed E-state index contributed by atoms with van der Waals surface area (Å²) < 4.78 is 5.13. The molecule has 0 aliphatic carbocycles. The molecular formula is C15H20N2O3. The fraction of sp³-hybridized carbons (Fsp3) is 0.533. The van der Waals surface area contributed by atoms with Crippen LogP contribution >= 0.6 is 0 Å². The molecule has 0 amide bonds. The highest BCUT2D eigenvalue weighted by Gasteiger charge is 2.30. The summed E-state index contributed by atoms with van der Waals surface area (Å²) in [6.07, 6.45) is 4.40. The first kappa shape index (κ1) is 14.5. The smallest absolute Gasteiger partial charge is 0.328 e. The average molecular weight is 276 g/mol. The van der Waals surface area contributed by atoms with Crippen molar-refractivity contribution < 1.29 is 14.3 Å². The molecule has 1 saturated heterocycles. The van der Waals surface area contributed by atoms with E-state index in [1.165, 1.54) is 6.92 Å². The Morgan fingerprint density at radius 2 is 2.20 bits per heavy atom. The zero-order valence-electron chi connectivity index (χ0n) is 12.0. The Morgan fingerprint density at radius 3 is 2.80 bits per heavy atom. The molecule has 1 aromatic heterocycles. The molecule has 0 N–H and O–H groups in total. The molecule has 1 fully saturated rings. The molecule has 20 heavy (non-hydrogen) atoms. The summed E-state index contributed by atoms with van der Waals surface area (Å²) in [7, 11) is 0. The van der Waals surface area contributed by atoms with E-state index in [0.29, 0.717) is 12.2 Å². The fourth-order valence-corrected chi connectivity index (χ4v) is 2.45. The van der Waals surface area contributed by atoms with Crippen LogP contribution in [-0.4, -0.2) is 35.9 Å². The summed E-state index contributed by atoms with van der Waals surface area (Å²) in [5.41, 5.74) is 0.582. The Hall–Kier alpha value is -1.91. The van der Waals surface area contributed by atoms with Crippen LogP contribution in [0.4, 0.5) is 5.82 Å². The Morgan fingerprint density at radius 1 is 1.40 bits per heavy atom. The van der Waals surface area contributed by atoms with Crippen LogP contribution in [0, 0.1) is 0 Å². The lowest BCUT2D eigenvalue weighted by molar-refractivity contribution is -0.145. The second-order valence-electron chi connectivity index (χ2n) is 4.92. The van der Waals surface area contributed by atoms with Crippen LogP contribution < -0.4 is 4.90 Å². The quantitative estimate of drug-likeness (QED) is 0.623. The van der Waals surface area contributed by atoms with Gasteiger partial charge in [-0.3, -0.25) is 4.79 Å². The lowest BCUT2D eigenvalue weighted by Crippen LogP contribution is -2.46. The highest BCUT2D eigenvalue weighted by Crippen LogP contribution is 2.24. The molecule has 1 aliphatic heterocycles.